The number of benzene rings is 1. The first-order valence-electron chi connectivity index (χ1n) is 5.42. The number of carbonyl (C=O) groups is 1. The van der Waals surface area contributed by atoms with Gasteiger partial charge in [-0.3, -0.25) is 4.79 Å². The Kier molecular flexibility index (Phi) is 2.97. The molecule has 3 heteroatoms. The van der Waals surface area contributed by atoms with Gasteiger partial charge in [-0.2, -0.15) is 0 Å². The highest BCUT2D eigenvalue weighted by Gasteiger charge is 2.42. The second kappa shape index (κ2) is 4.26. The Labute approximate surface area is 95.4 Å². The van der Waals surface area contributed by atoms with Gasteiger partial charge in [0, 0.05) is 13.5 Å². The predicted octanol–water partition coefficient (Wildman–Crippen LogP) is 2.04. The molecule has 0 saturated heterocycles. The Hall–Kier alpha value is -1.35. The highest BCUT2D eigenvalue weighted by molar-refractivity contribution is 5.90. The summed E-state index contributed by atoms with van der Waals surface area (Å²) in [6.45, 7) is 4.01. The first-order valence-corrected chi connectivity index (χ1v) is 5.42. The number of para-hydroxylation sites is 1. The average Bonchev–Trinajstić information content (AvgIpc) is 2.22. The molecule has 0 spiro atoms. The van der Waals surface area contributed by atoms with Gasteiger partial charge in [-0.15, -0.1) is 0 Å². The summed E-state index contributed by atoms with van der Waals surface area (Å²) < 4.78 is 10.9. The lowest BCUT2D eigenvalue weighted by Gasteiger charge is -2.34. The van der Waals surface area contributed by atoms with Crippen LogP contribution >= 0.6 is 0 Å². The highest BCUT2D eigenvalue weighted by atomic mass is 16.5. The molecule has 0 radical (unpaired) electrons. The van der Waals surface area contributed by atoms with Crippen LogP contribution in [0.1, 0.15) is 17.5 Å². The molecule has 0 N–H and O–H groups in total. The van der Waals surface area contributed by atoms with E-state index in [1.165, 1.54) is 0 Å². The lowest BCUT2D eigenvalue weighted by molar-refractivity contribution is -0.151. The van der Waals surface area contributed by atoms with E-state index in [0.717, 1.165) is 16.9 Å². The van der Waals surface area contributed by atoms with Crippen molar-refractivity contribution in [2.75, 3.05) is 7.11 Å². The van der Waals surface area contributed by atoms with Crippen LogP contribution in [-0.2, 0) is 9.53 Å². The number of rotatable bonds is 3. The molecule has 2 unspecified atom stereocenters. The van der Waals surface area contributed by atoms with Gasteiger partial charge in [-0.05, 0) is 25.0 Å². The van der Waals surface area contributed by atoms with E-state index in [4.69, 9.17) is 9.47 Å². The summed E-state index contributed by atoms with van der Waals surface area (Å²) in [6, 6.07) is 6.01. The molecular weight excluding hydrogens is 204 g/mol. The summed E-state index contributed by atoms with van der Waals surface area (Å²) in [5.41, 5.74) is 2.18. The van der Waals surface area contributed by atoms with Crippen LogP contribution in [0.3, 0.4) is 0 Å². The fraction of sp³-hybridized carbons (Fsp3) is 0.462. The molecule has 0 aliphatic heterocycles. The summed E-state index contributed by atoms with van der Waals surface area (Å²) in [5.74, 6) is 1.00. The van der Waals surface area contributed by atoms with E-state index in [1.54, 1.807) is 7.11 Å². The minimum atomic E-state index is -0.390. The quantitative estimate of drug-likeness (QED) is 0.782. The van der Waals surface area contributed by atoms with Crippen molar-refractivity contribution in [2.24, 2.45) is 0 Å². The molecule has 0 aromatic heterocycles. The Bertz CT molecular complexity index is 391. The van der Waals surface area contributed by atoms with Gasteiger partial charge in [0.15, 0.2) is 11.9 Å². The SMILES string of the molecule is COC1C(=O)CC1Oc1c(C)cccc1C. The van der Waals surface area contributed by atoms with E-state index in [2.05, 4.69) is 0 Å². The molecule has 16 heavy (non-hydrogen) atoms. The van der Waals surface area contributed by atoms with Crippen LogP contribution in [0.4, 0.5) is 0 Å². The Morgan fingerprint density at radius 3 is 2.38 bits per heavy atom. The molecule has 86 valence electrons. The molecular formula is C13H16O3. The normalized spacial score (nSPS) is 24.1. The molecule has 0 heterocycles. The molecule has 1 aromatic carbocycles. The Morgan fingerprint density at radius 1 is 1.25 bits per heavy atom. The van der Waals surface area contributed by atoms with Gasteiger partial charge >= 0.3 is 0 Å². The van der Waals surface area contributed by atoms with Crippen LogP contribution in [0.2, 0.25) is 0 Å². The third kappa shape index (κ3) is 1.83. The topological polar surface area (TPSA) is 35.5 Å². The number of Topliss-reactive ketones (excluding diaryl/α,β-unsaturated/α-hetero) is 1. The molecule has 2 rings (SSSR count). The zero-order chi connectivity index (χ0) is 11.7. The molecule has 1 aliphatic rings. The van der Waals surface area contributed by atoms with Crippen LogP contribution in [0.15, 0.2) is 18.2 Å². The van der Waals surface area contributed by atoms with E-state index >= 15 is 0 Å². The number of ketones is 1. The largest absolute Gasteiger partial charge is 0.486 e. The number of carbonyl (C=O) groups excluding carboxylic acids is 1. The van der Waals surface area contributed by atoms with Gasteiger partial charge in [0.2, 0.25) is 0 Å². The van der Waals surface area contributed by atoms with Gasteiger partial charge in [0.1, 0.15) is 11.9 Å². The summed E-state index contributed by atoms with van der Waals surface area (Å²) in [7, 11) is 1.54. The van der Waals surface area contributed by atoms with Gasteiger partial charge < -0.3 is 9.47 Å². The predicted molar refractivity (Wildman–Crippen MR) is 60.8 cm³/mol. The molecule has 0 bridgehead atoms. The van der Waals surface area contributed by atoms with E-state index in [9.17, 15) is 4.79 Å². The van der Waals surface area contributed by atoms with Crippen LogP contribution in [0.5, 0.6) is 5.75 Å². The standard InChI is InChI=1S/C13H16O3/c1-8-5-4-6-9(2)12(8)16-11-7-10(14)13(11)15-3/h4-6,11,13H,7H2,1-3H3. The first kappa shape index (κ1) is 11.1. The Balaban J connectivity index is 2.13. The molecule has 1 aliphatic carbocycles. The van der Waals surface area contributed by atoms with Gasteiger partial charge in [-0.25, -0.2) is 0 Å². The number of hydrogen-bond donors (Lipinski definition) is 0. The van der Waals surface area contributed by atoms with Gasteiger partial charge in [-0.1, -0.05) is 18.2 Å². The van der Waals surface area contributed by atoms with Crippen molar-refractivity contribution in [2.45, 2.75) is 32.5 Å². The summed E-state index contributed by atoms with van der Waals surface area (Å²) in [4.78, 5) is 11.2. The maximum Gasteiger partial charge on any atom is 0.169 e. The molecule has 1 aromatic rings. The van der Waals surface area contributed by atoms with Gasteiger partial charge in [0.05, 0.1) is 0 Å². The number of methoxy groups -OCH3 is 1. The smallest absolute Gasteiger partial charge is 0.169 e. The Morgan fingerprint density at radius 2 is 1.88 bits per heavy atom. The lowest BCUT2D eigenvalue weighted by Crippen LogP contribution is -2.51. The maximum atomic E-state index is 11.2. The van der Waals surface area contributed by atoms with Crippen LogP contribution < -0.4 is 4.74 Å². The summed E-state index contributed by atoms with van der Waals surface area (Å²) in [5, 5.41) is 0. The van der Waals surface area contributed by atoms with Crippen molar-refractivity contribution in [3.8, 4) is 5.75 Å². The fourth-order valence-corrected chi connectivity index (χ4v) is 1.99. The van der Waals surface area contributed by atoms with E-state index < -0.39 is 0 Å². The number of aryl methyl sites for hydroxylation is 2. The van der Waals surface area contributed by atoms with Crippen LogP contribution in [0, 0.1) is 13.8 Å². The monoisotopic (exact) mass is 220 g/mol. The second-order valence-corrected chi connectivity index (χ2v) is 4.20. The fourth-order valence-electron chi connectivity index (χ4n) is 1.99. The highest BCUT2D eigenvalue weighted by Crippen LogP contribution is 2.29. The molecule has 2 atom stereocenters. The van der Waals surface area contributed by atoms with Crippen molar-refractivity contribution in [3.05, 3.63) is 29.3 Å². The number of hydrogen-bond acceptors (Lipinski definition) is 3. The lowest BCUT2D eigenvalue weighted by atomic mass is 9.90. The summed E-state index contributed by atoms with van der Waals surface area (Å²) in [6.07, 6.45) is -0.0666. The van der Waals surface area contributed by atoms with E-state index in [0.29, 0.717) is 6.42 Å². The molecule has 3 nitrogen and oxygen atoms in total. The molecule has 1 saturated carbocycles. The van der Waals surface area contributed by atoms with Gasteiger partial charge in [0.25, 0.3) is 0 Å². The van der Waals surface area contributed by atoms with Crippen molar-refractivity contribution in [3.63, 3.8) is 0 Å². The van der Waals surface area contributed by atoms with Crippen molar-refractivity contribution in [1.29, 1.82) is 0 Å². The van der Waals surface area contributed by atoms with Crippen LogP contribution in [0.25, 0.3) is 0 Å². The minimum absolute atomic E-state index is 0.124. The average molecular weight is 220 g/mol. The van der Waals surface area contributed by atoms with Crippen LogP contribution in [-0.4, -0.2) is 25.1 Å². The third-order valence-corrected chi connectivity index (χ3v) is 2.99. The van der Waals surface area contributed by atoms with Crippen molar-refractivity contribution < 1.29 is 14.3 Å². The molecule has 1 fully saturated rings. The summed E-state index contributed by atoms with van der Waals surface area (Å²) >= 11 is 0. The van der Waals surface area contributed by atoms with Crippen molar-refractivity contribution in [1.82, 2.24) is 0 Å². The zero-order valence-corrected chi connectivity index (χ0v) is 9.82. The second-order valence-electron chi connectivity index (χ2n) is 4.20. The molecule has 0 amide bonds. The van der Waals surface area contributed by atoms with Crippen molar-refractivity contribution >= 4 is 5.78 Å². The zero-order valence-electron chi connectivity index (χ0n) is 9.82. The number of ether oxygens (including phenoxy) is 2. The maximum absolute atomic E-state index is 11.2. The van der Waals surface area contributed by atoms with E-state index in [-0.39, 0.29) is 18.0 Å². The van der Waals surface area contributed by atoms with E-state index in [1.807, 2.05) is 32.0 Å². The third-order valence-electron chi connectivity index (χ3n) is 2.99. The first-order chi connectivity index (χ1) is 7.63. The minimum Gasteiger partial charge on any atom is -0.486 e.